The molecule has 2 aromatic carbocycles. The van der Waals surface area contributed by atoms with Crippen LogP contribution in [0.4, 0.5) is 0 Å². The molecule has 5 rings (SSSR count). The Morgan fingerprint density at radius 1 is 1.12 bits per heavy atom. The van der Waals surface area contributed by atoms with Gasteiger partial charge in [0.05, 0.1) is 20.3 Å². The minimum absolute atomic E-state index is 0.144. The minimum Gasteiger partial charge on any atom is -0.493 e. The van der Waals surface area contributed by atoms with Crippen LogP contribution in [0.2, 0.25) is 0 Å². The van der Waals surface area contributed by atoms with E-state index in [1.54, 1.807) is 37.3 Å². The quantitative estimate of drug-likeness (QED) is 0.777. The van der Waals surface area contributed by atoms with E-state index >= 15 is 0 Å². The van der Waals surface area contributed by atoms with Crippen LogP contribution in [0.25, 0.3) is 5.70 Å². The Morgan fingerprint density at radius 2 is 1.79 bits per heavy atom. The van der Waals surface area contributed by atoms with E-state index in [9.17, 15) is 14.7 Å². The number of ether oxygens (including phenoxy) is 2. The Balaban J connectivity index is 1.73. The number of methoxy groups -OCH3 is 2. The van der Waals surface area contributed by atoms with Gasteiger partial charge in [0, 0.05) is 22.4 Å². The molecule has 3 aliphatic rings. The van der Waals surface area contributed by atoms with Crippen molar-refractivity contribution in [3.05, 3.63) is 65.2 Å². The molecule has 7 heteroatoms. The number of nitrogens with zero attached hydrogens (tertiary/aromatic N) is 2. The van der Waals surface area contributed by atoms with Crippen LogP contribution < -0.4 is 9.47 Å². The van der Waals surface area contributed by atoms with Gasteiger partial charge in [0.25, 0.3) is 5.91 Å². The van der Waals surface area contributed by atoms with Gasteiger partial charge < -0.3 is 19.5 Å². The highest BCUT2D eigenvalue weighted by Crippen LogP contribution is 2.52. The summed E-state index contributed by atoms with van der Waals surface area (Å²) in [4.78, 5) is 30.4. The molecule has 172 valence electrons. The van der Waals surface area contributed by atoms with Crippen LogP contribution in [0, 0.1) is 5.92 Å². The smallest absolute Gasteiger partial charge is 0.257 e. The number of carbonyl (C=O) groups is 2. The Morgan fingerprint density at radius 3 is 2.45 bits per heavy atom. The fraction of sp³-hybridized carbons (Fsp3) is 0.385. The molecule has 2 aromatic rings. The molecule has 7 nitrogen and oxygen atoms in total. The van der Waals surface area contributed by atoms with Crippen molar-refractivity contribution in [1.29, 1.82) is 0 Å². The number of carbonyl (C=O) groups excluding carboxylic acids is 2. The molecule has 3 aliphatic heterocycles. The fourth-order valence-corrected chi connectivity index (χ4v) is 5.63. The maximum absolute atomic E-state index is 13.9. The van der Waals surface area contributed by atoms with Crippen LogP contribution in [0.15, 0.2) is 43.0 Å². The van der Waals surface area contributed by atoms with E-state index in [0.29, 0.717) is 41.2 Å². The average molecular weight is 449 g/mol. The van der Waals surface area contributed by atoms with Crippen LogP contribution in [0.5, 0.6) is 11.5 Å². The van der Waals surface area contributed by atoms with Gasteiger partial charge in [-0.25, -0.2) is 0 Å². The number of benzene rings is 2. The summed E-state index contributed by atoms with van der Waals surface area (Å²) in [5.41, 5.74) is 1.45. The summed E-state index contributed by atoms with van der Waals surface area (Å²) >= 11 is 0. The molecule has 0 aliphatic carbocycles. The summed E-state index contributed by atoms with van der Waals surface area (Å²) in [7, 11) is 3.13. The summed E-state index contributed by atoms with van der Waals surface area (Å²) < 4.78 is 10.9. The topological polar surface area (TPSA) is 79.3 Å². The highest BCUT2D eigenvalue weighted by Gasteiger charge is 2.64. The number of fused-ring (bicyclic) bond motifs is 6. The van der Waals surface area contributed by atoms with Crippen LogP contribution in [-0.4, -0.2) is 53.0 Å². The first kappa shape index (κ1) is 21.5. The van der Waals surface area contributed by atoms with Gasteiger partial charge in [-0.1, -0.05) is 38.6 Å². The maximum atomic E-state index is 13.9. The van der Waals surface area contributed by atoms with Crippen molar-refractivity contribution in [2.45, 2.75) is 44.5 Å². The zero-order valence-electron chi connectivity index (χ0n) is 19.3. The Bertz CT molecular complexity index is 1190. The van der Waals surface area contributed by atoms with Crippen molar-refractivity contribution in [3.8, 4) is 11.5 Å². The monoisotopic (exact) mass is 448 g/mol. The van der Waals surface area contributed by atoms with Gasteiger partial charge in [-0.2, -0.15) is 0 Å². The van der Waals surface area contributed by atoms with E-state index in [4.69, 9.17) is 9.47 Å². The van der Waals surface area contributed by atoms with E-state index in [0.717, 1.165) is 11.1 Å². The minimum atomic E-state index is -1.66. The van der Waals surface area contributed by atoms with Crippen molar-refractivity contribution in [2.75, 3.05) is 14.2 Å². The molecule has 0 spiro atoms. The molecule has 1 saturated heterocycles. The zero-order valence-corrected chi connectivity index (χ0v) is 19.3. The number of rotatable bonds is 4. The molecule has 1 N–H and O–H groups in total. The van der Waals surface area contributed by atoms with Crippen LogP contribution in [-0.2, 0) is 16.9 Å². The third-order valence-electron chi connectivity index (χ3n) is 7.07. The van der Waals surface area contributed by atoms with Gasteiger partial charge in [-0.3, -0.25) is 14.5 Å². The van der Waals surface area contributed by atoms with Crippen LogP contribution in [0.3, 0.4) is 0 Å². The molecule has 3 atom stereocenters. The number of hydrogen-bond donors (Lipinski definition) is 1. The predicted octanol–water partition coefficient (Wildman–Crippen LogP) is 3.16. The summed E-state index contributed by atoms with van der Waals surface area (Å²) in [5, 5.41) is 12.3. The summed E-state index contributed by atoms with van der Waals surface area (Å²) in [6.07, 6.45) is 0.777. The molecule has 0 radical (unpaired) electrons. The average Bonchev–Trinajstić information content (AvgIpc) is 3.03. The highest BCUT2D eigenvalue weighted by atomic mass is 16.5. The molecule has 0 saturated carbocycles. The second kappa shape index (κ2) is 7.35. The fourth-order valence-electron chi connectivity index (χ4n) is 5.63. The Hall–Kier alpha value is -3.32. The zero-order chi connectivity index (χ0) is 23.7. The summed E-state index contributed by atoms with van der Waals surface area (Å²) in [6.45, 7) is 8.26. The first-order valence-electron chi connectivity index (χ1n) is 11.2. The molecule has 0 aromatic heterocycles. The van der Waals surface area contributed by atoms with Crippen molar-refractivity contribution in [3.63, 3.8) is 0 Å². The van der Waals surface area contributed by atoms with Gasteiger partial charge >= 0.3 is 0 Å². The SMILES string of the molecule is C=C1c2cc(OC)c(OC)cc2C[C@H]2N1C(=O)[C@H](CC(C)C)N1C(=O)c3ccccc3[C@]21O. The van der Waals surface area contributed by atoms with E-state index < -0.39 is 17.8 Å². The van der Waals surface area contributed by atoms with Crippen molar-refractivity contribution in [2.24, 2.45) is 5.92 Å². The number of piperazine rings is 1. The lowest BCUT2D eigenvalue weighted by Gasteiger charge is -2.55. The normalized spacial score (nSPS) is 25.6. The number of amides is 2. The predicted molar refractivity (Wildman–Crippen MR) is 123 cm³/mol. The van der Waals surface area contributed by atoms with Gasteiger partial charge in [0.15, 0.2) is 17.2 Å². The second-order valence-electron chi connectivity index (χ2n) is 9.33. The van der Waals surface area contributed by atoms with Gasteiger partial charge in [-0.15, -0.1) is 0 Å². The standard InChI is InChI=1S/C26H28N2O5/c1-14(2)10-20-25(30)27-15(3)18-13-22(33-5)21(32-4)11-16(18)12-23(27)26(31)19-9-7-6-8-17(19)24(29)28(20)26/h6-9,11,13-14,20,23,31H,3,10,12H2,1-2,4-5H3/t20-,23+,26-/m0/s1. The molecular weight excluding hydrogens is 420 g/mol. The molecular formula is C26H28N2O5. The maximum Gasteiger partial charge on any atom is 0.257 e. The van der Waals surface area contributed by atoms with Crippen molar-refractivity contribution >= 4 is 17.5 Å². The molecule has 1 fully saturated rings. The lowest BCUT2D eigenvalue weighted by atomic mass is 9.79. The molecule has 33 heavy (non-hydrogen) atoms. The summed E-state index contributed by atoms with van der Waals surface area (Å²) in [5.74, 6) is 0.719. The van der Waals surface area contributed by atoms with Gasteiger partial charge in [0.1, 0.15) is 6.04 Å². The van der Waals surface area contributed by atoms with E-state index in [1.807, 2.05) is 32.0 Å². The van der Waals surface area contributed by atoms with E-state index in [-0.39, 0.29) is 17.7 Å². The first-order chi connectivity index (χ1) is 15.7. The third-order valence-corrected chi connectivity index (χ3v) is 7.07. The lowest BCUT2D eigenvalue weighted by Crippen LogP contribution is -2.71. The first-order valence-corrected chi connectivity index (χ1v) is 11.2. The summed E-state index contributed by atoms with van der Waals surface area (Å²) in [6, 6.07) is 9.27. The lowest BCUT2D eigenvalue weighted by molar-refractivity contribution is -0.192. The molecule has 3 heterocycles. The van der Waals surface area contributed by atoms with E-state index in [1.165, 1.54) is 4.90 Å². The van der Waals surface area contributed by atoms with Gasteiger partial charge in [0.2, 0.25) is 5.91 Å². The number of hydrogen-bond acceptors (Lipinski definition) is 5. The van der Waals surface area contributed by atoms with Crippen LogP contribution in [0.1, 0.15) is 47.3 Å². The van der Waals surface area contributed by atoms with Crippen LogP contribution >= 0.6 is 0 Å². The number of aliphatic hydroxyl groups is 1. The van der Waals surface area contributed by atoms with E-state index in [2.05, 4.69) is 6.58 Å². The van der Waals surface area contributed by atoms with Crippen molar-refractivity contribution in [1.82, 2.24) is 9.80 Å². The molecule has 2 amide bonds. The molecule has 0 unspecified atom stereocenters. The van der Waals surface area contributed by atoms with Crippen molar-refractivity contribution < 1.29 is 24.2 Å². The largest absolute Gasteiger partial charge is 0.493 e. The third kappa shape index (κ3) is 2.78. The second-order valence-corrected chi connectivity index (χ2v) is 9.33. The van der Waals surface area contributed by atoms with Gasteiger partial charge in [-0.05, 0) is 42.5 Å². The highest BCUT2D eigenvalue weighted by molar-refractivity contribution is 6.05. The Kier molecular flexibility index (Phi) is 4.79. The molecule has 0 bridgehead atoms. The Labute approximate surface area is 193 Å².